The minimum Gasteiger partial charge on any atom is -0.358 e. The van der Waals surface area contributed by atoms with Crippen LogP contribution in [0.4, 0.5) is 0 Å². The van der Waals surface area contributed by atoms with Gasteiger partial charge >= 0.3 is 0 Å². The molecule has 0 aliphatic carbocycles. The summed E-state index contributed by atoms with van der Waals surface area (Å²) in [6, 6.07) is 13.4. The van der Waals surface area contributed by atoms with Gasteiger partial charge < -0.3 is 5.32 Å². The monoisotopic (exact) mass is 336 g/mol. The van der Waals surface area contributed by atoms with Crippen LogP contribution in [0, 0.1) is 17.3 Å². The standard InChI is InChI=1S/C19H16N2S2/c1-2-3-12-4-6-17-14(10-12)15-11-13(5-7-18(15)23-17)16-8-9-22-19(20)21-16/h4-7,10-11,16H,8-9H2,1H3,(H2,20,21). The number of rotatable bonds is 1. The summed E-state index contributed by atoms with van der Waals surface area (Å²) in [5, 5.41) is 14.3. The number of nitrogens with one attached hydrogen (secondary N) is 2. The summed E-state index contributed by atoms with van der Waals surface area (Å²) in [7, 11) is 0. The van der Waals surface area contributed by atoms with Crippen LogP contribution in [0.3, 0.4) is 0 Å². The maximum Gasteiger partial charge on any atom is 0.154 e. The van der Waals surface area contributed by atoms with E-state index >= 15 is 0 Å². The Balaban J connectivity index is 1.85. The number of amidine groups is 1. The highest BCUT2D eigenvalue weighted by molar-refractivity contribution is 8.13. The Morgan fingerprint density at radius 2 is 1.91 bits per heavy atom. The highest BCUT2D eigenvalue weighted by Crippen LogP contribution is 2.36. The van der Waals surface area contributed by atoms with Crippen LogP contribution in [0.1, 0.15) is 30.5 Å². The lowest BCUT2D eigenvalue weighted by molar-refractivity contribution is 0.627. The highest BCUT2D eigenvalue weighted by atomic mass is 32.2. The third-order valence-electron chi connectivity index (χ3n) is 4.12. The first-order chi connectivity index (χ1) is 11.2. The average Bonchev–Trinajstić information content (AvgIpc) is 2.92. The average molecular weight is 336 g/mol. The molecule has 0 saturated carbocycles. The van der Waals surface area contributed by atoms with E-state index in [0.29, 0.717) is 5.17 Å². The molecule has 2 N–H and O–H groups in total. The van der Waals surface area contributed by atoms with Crippen molar-refractivity contribution in [3.8, 4) is 11.8 Å². The first-order valence-corrected chi connectivity index (χ1v) is 9.41. The van der Waals surface area contributed by atoms with Crippen molar-refractivity contribution in [3.05, 3.63) is 47.5 Å². The van der Waals surface area contributed by atoms with Gasteiger partial charge in [-0.15, -0.1) is 17.3 Å². The van der Waals surface area contributed by atoms with E-state index in [4.69, 9.17) is 5.41 Å². The van der Waals surface area contributed by atoms with Crippen molar-refractivity contribution in [3.63, 3.8) is 0 Å². The van der Waals surface area contributed by atoms with Crippen LogP contribution in [-0.2, 0) is 0 Å². The predicted molar refractivity (Wildman–Crippen MR) is 103 cm³/mol. The fourth-order valence-corrected chi connectivity index (χ4v) is 4.88. The molecule has 114 valence electrons. The van der Waals surface area contributed by atoms with Gasteiger partial charge in [0.1, 0.15) is 0 Å². The molecule has 3 aromatic rings. The number of hydrogen-bond donors (Lipinski definition) is 2. The van der Waals surface area contributed by atoms with E-state index in [1.165, 1.54) is 25.7 Å². The minimum atomic E-state index is 0.252. The number of hydrogen-bond acceptors (Lipinski definition) is 3. The lowest BCUT2D eigenvalue weighted by Crippen LogP contribution is -2.30. The maximum absolute atomic E-state index is 7.85. The van der Waals surface area contributed by atoms with Crippen LogP contribution in [0.25, 0.3) is 20.2 Å². The Bertz CT molecular complexity index is 975. The Morgan fingerprint density at radius 3 is 2.70 bits per heavy atom. The van der Waals surface area contributed by atoms with Crippen LogP contribution >= 0.6 is 23.1 Å². The van der Waals surface area contributed by atoms with Crippen LogP contribution in [0.2, 0.25) is 0 Å². The number of thiophene rings is 1. The van der Waals surface area contributed by atoms with E-state index in [1.807, 2.05) is 18.3 Å². The molecule has 1 aliphatic heterocycles. The fraction of sp³-hybridized carbons (Fsp3) is 0.211. The summed E-state index contributed by atoms with van der Waals surface area (Å²) in [4.78, 5) is 0. The van der Waals surface area contributed by atoms with Gasteiger partial charge in [0.2, 0.25) is 0 Å². The molecule has 0 spiro atoms. The normalized spacial score (nSPS) is 17.8. The van der Waals surface area contributed by atoms with E-state index < -0.39 is 0 Å². The van der Waals surface area contributed by atoms with Crippen LogP contribution in [0.15, 0.2) is 36.4 Å². The van der Waals surface area contributed by atoms with E-state index in [9.17, 15) is 0 Å². The van der Waals surface area contributed by atoms with Gasteiger partial charge in [0, 0.05) is 31.5 Å². The van der Waals surface area contributed by atoms with Crippen molar-refractivity contribution in [2.45, 2.75) is 19.4 Å². The van der Waals surface area contributed by atoms with Gasteiger partial charge in [-0.1, -0.05) is 23.7 Å². The quantitative estimate of drug-likeness (QED) is 0.604. The number of thioether (sulfide) groups is 1. The number of benzene rings is 2. The second kappa shape index (κ2) is 5.92. The highest BCUT2D eigenvalue weighted by Gasteiger charge is 2.19. The summed E-state index contributed by atoms with van der Waals surface area (Å²) < 4.78 is 2.62. The maximum atomic E-state index is 7.85. The summed E-state index contributed by atoms with van der Waals surface area (Å²) in [5.41, 5.74) is 2.34. The molecule has 1 aromatic heterocycles. The topological polar surface area (TPSA) is 35.9 Å². The van der Waals surface area contributed by atoms with Crippen molar-refractivity contribution in [1.82, 2.24) is 5.32 Å². The molecule has 1 aliphatic rings. The zero-order valence-corrected chi connectivity index (χ0v) is 14.4. The smallest absolute Gasteiger partial charge is 0.154 e. The third kappa shape index (κ3) is 2.71. The lowest BCUT2D eigenvalue weighted by Gasteiger charge is -2.24. The zero-order chi connectivity index (χ0) is 15.8. The van der Waals surface area contributed by atoms with Crippen molar-refractivity contribution >= 4 is 48.4 Å². The SMILES string of the molecule is CC#Cc1ccc2sc3ccc(C4CCSC(=N)N4)cc3c2c1. The molecule has 0 bridgehead atoms. The molecule has 1 saturated heterocycles. The molecule has 4 rings (SSSR count). The minimum absolute atomic E-state index is 0.252. The van der Waals surface area contributed by atoms with Gasteiger partial charge in [-0.2, -0.15) is 0 Å². The molecule has 2 aromatic carbocycles. The first kappa shape index (κ1) is 14.6. The molecule has 2 nitrogen and oxygen atoms in total. The Hall–Kier alpha value is -1.96. The van der Waals surface area contributed by atoms with E-state index in [0.717, 1.165) is 17.7 Å². The summed E-state index contributed by atoms with van der Waals surface area (Å²) in [6.45, 7) is 1.87. The van der Waals surface area contributed by atoms with E-state index in [2.05, 4.69) is 53.6 Å². The summed E-state index contributed by atoms with van der Waals surface area (Å²) in [6.07, 6.45) is 1.06. The van der Waals surface area contributed by atoms with Crippen molar-refractivity contribution < 1.29 is 0 Å². The van der Waals surface area contributed by atoms with E-state index in [-0.39, 0.29) is 6.04 Å². The first-order valence-electron chi connectivity index (χ1n) is 7.61. The molecule has 23 heavy (non-hydrogen) atoms. The van der Waals surface area contributed by atoms with Crippen molar-refractivity contribution in [2.24, 2.45) is 0 Å². The summed E-state index contributed by atoms with van der Waals surface area (Å²) >= 11 is 3.42. The molecular weight excluding hydrogens is 320 g/mol. The largest absolute Gasteiger partial charge is 0.358 e. The van der Waals surface area contributed by atoms with Gasteiger partial charge in [0.25, 0.3) is 0 Å². The molecule has 0 amide bonds. The van der Waals surface area contributed by atoms with Crippen molar-refractivity contribution in [2.75, 3.05) is 5.75 Å². The Kier molecular flexibility index (Phi) is 3.76. The molecule has 2 heterocycles. The van der Waals surface area contributed by atoms with Crippen LogP contribution in [-0.4, -0.2) is 10.9 Å². The van der Waals surface area contributed by atoms with Gasteiger partial charge in [-0.25, -0.2) is 0 Å². The molecule has 1 atom stereocenters. The lowest BCUT2D eigenvalue weighted by atomic mass is 10.0. The van der Waals surface area contributed by atoms with Gasteiger partial charge in [0.15, 0.2) is 5.17 Å². The number of fused-ring (bicyclic) bond motifs is 3. The van der Waals surface area contributed by atoms with Crippen LogP contribution in [0.5, 0.6) is 0 Å². The van der Waals surface area contributed by atoms with E-state index in [1.54, 1.807) is 11.8 Å². The Morgan fingerprint density at radius 1 is 1.13 bits per heavy atom. The second-order valence-corrected chi connectivity index (χ2v) is 7.80. The Labute approximate surface area is 143 Å². The molecule has 0 radical (unpaired) electrons. The van der Waals surface area contributed by atoms with Crippen LogP contribution < -0.4 is 5.32 Å². The molecule has 1 fully saturated rings. The molecular formula is C19H16N2S2. The van der Waals surface area contributed by atoms with Gasteiger partial charge in [0.05, 0.1) is 6.04 Å². The third-order valence-corrected chi connectivity index (χ3v) is 6.12. The summed E-state index contributed by atoms with van der Waals surface area (Å²) in [5.74, 6) is 7.13. The predicted octanol–water partition coefficient (Wildman–Crippen LogP) is 5.13. The second-order valence-electron chi connectivity index (χ2n) is 5.61. The molecule has 4 heteroatoms. The van der Waals surface area contributed by atoms with Gasteiger partial charge in [-0.05, 0) is 49.2 Å². The fourth-order valence-electron chi connectivity index (χ4n) is 3.03. The molecule has 1 unspecified atom stereocenters. The van der Waals surface area contributed by atoms with Gasteiger partial charge in [-0.3, -0.25) is 5.41 Å². The van der Waals surface area contributed by atoms with Crippen molar-refractivity contribution in [1.29, 1.82) is 5.41 Å². The zero-order valence-electron chi connectivity index (χ0n) is 12.8.